The van der Waals surface area contributed by atoms with E-state index < -0.39 is 0 Å². The summed E-state index contributed by atoms with van der Waals surface area (Å²) in [4.78, 5) is 13.0. The van der Waals surface area contributed by atoms with E-state index in [-0.39, 0.29) is 29.4 Å². The van der Waals surface area contributed by atoms with Crippen molar-refractivity contribution < 1.29 is 4.42 Å². The molecule has 2 aromatic rings. The normalized spacial score (nSPS) is 12.2. The van der Waals surface area contributed by atoms with Crippen molar-refractivity contribution in [3.8, 4) is 0 Å². The van der Waals surface area contributed by atoms with Gasteiger partial charge in [-0.15, -0.1) is 24.0 Å². The molecule has 7 nitrogen and oxygen atoms in total. The third kappa shape index (κ3) is 6.62. The van der Waals surface area contributed by atoms with Crippen LogP contribution in [0.3, 0.4) is 0 Å². The van der Waals surface area contributed by atoms with Crippen LogP contribution in [0.4, 0.5) is 0 Å². The Morgan fingerprint density at radius 3 is 2.50 bits per heavy atom. The van der Waals surface area contributed by atoms with Gasteiger partial charge < -0.3 is 19.6 Å². The molecule has 0 aromatic carbocycles. The molecule has 0 aliphatic heterocycles. The summed E-state index contributed by atoms with van der Waals surface area (Å²) >= 11 is 0. The number of imidazole rings is 1. The number of nitrogens with zero attached hydrogens (tertiary/aromatic N) is 4. The maximum Gasteiger partial charge on any atom is 0.213 e. The van der Waals surface area contributed by atoms with Crippen LogP contribution in [-0.4, -0.2) is 27.5 Å². The minimum absolute atomic E-state index is 0. The molecule has 0 radical (unpaired) electrons. The lowest BCUT2D eigenvalue weighted by Gasteiger charge is -2.14. The summed E-state index contributed by atoms with van der Waals surface area (Å²) in [5, 5.41) is 6.50. The molecular weight excluding hydrogens is 443 g/mol. The van der Waals surface area contributed by atoms with Gasteiger partial charge in [0.1, 0.15) is 11.6 Å². The zero-order chi connectivity index (χ0) is 18.4. The van der Waals surface area contributed by atoms with Gasteiger partial charge in [-0.05, 0) is 5.92 Å². The molecular formula is C18H31IN6O. The topological polar surface area (TPSA) is 80.3 Å². The van der Waals surface area contributed by atoms with Gasteiger partial charge >= 0.3 is 0 Å². The summed E-state index contributed by atoms with van der Waals surface area (Å²) in [6.45, 7) is 12.7. The van der Waals surface area contributed by atoms with E-state index in [0.29, 0.717) is 30.9 Å². The van der Waals surface area contributed by atoms with E-state index >= 15 is 0 Å². The van der Waals surface area contributed by atoms with Crippen LogP contribution in [0.1, 0.15) is 52.1 Å². The quantitative estimate of drug-likeness (QED) is 0.382. The van der Waals surface area contributed by atoms with Crippen molar-refractivity contribution in [2.24, 2.45) is 10.9 Å². The molecule has 0 saturated carbocycles. The van der Waals surface area contributed by atoms with Gasteiger partial charge in [-0.1, -0.05) is 34.6 Å². The van der Waals surface area contributed by atoms with Gasteiger partial charge in [-0.3, -0.25) is 4.99 Å². The van der Waals surface area contributed by atoms with E-state index in [9.17, 15) is 0 Å². The van der Waals surface area contributed by atoms with E-state index in [1.165, 1.54) is 0 Å². The monoisotopic (exact) mass is 474 g/mol. The van der Waals surface area contributed by atoms with E-state index in [1.807, 2.05) is 12.4 Å². The molecule has 0 spiro atoms. The van der Waals surface area contributed by atoms with E-state index in [4.69, 9.17) is 4.42 Å². The Hall–Kier alpha value is -1.58. The highest BCUT2D eigenvalue weighted by Crippen LogP contribution is 2.22. The highest BCUT2D eigenvalue weighted by Gasteiger charge is 2.19. The Labute approximate surface area is 173 Å². The first-order valence-electron chi connectivity index (χ1n) is 8.69. The predicted octanol–water partition coefficient (Wildman–Crippen LogP) is 3.31. The van der Waals surface area contributed by atoms with Crippen molar-refractivity contribution in [3.63, 3.8) is 0 Å². The van der Waals surface area contributed by atoms with Gasteiger partial charge in [-0.25, -0.2) is 9.97 Å². The van der Waals surface area contributed by atoms with Crippen LogP contribution in [0.25, 0.3) is 0 Å². The average Bonchev–Trinajstić information content (AvgIpc) is 3.16. The molecule has 0 fully saturated rings. The van der Waals surface area contributed by atoms with Crippen molar-refractivity contribution in [3.05, 3.63) is 36.1 Å². The second kappa shape index (κ2) is 9.94. The number of aliphatic imine (C=N–C) groups is 1. The van der Waals surface area contributed by atoms with Crippen LogP contribution in [0.5, 0.6) is 0 Å². The van der Waals surface area contributed by atoms with Crippen molar-refractivity contribution in [2.75, 3.05) is 7.05 Å². The van der Waals surface area contributed by atoms with Crippen molar-refractivity contribution >= 4 is 29.9 Å². The average molecular weight is 474 g/mol. The summed E-state index contributed by atoms with van der Waals surface area (Å²) in [5.74, 6) is 3.78. The van der Waals surface area contributed by atoms with Gasteiger partial charge in [0.25, 0.3) is 0 Å². The molecule has 0 aliphatic rings. The van der Waals surface area contributed by atoms with Crippen molar-refractivity contribution in [2.45, 2.75) is 59.7 Å². The van der Waals surface area contributed by atoms with Crippen LogP contribution >= 0.6 is 24.0 Å². The first kappa shape index (κ1) is 22.5. The Balaban J connectivity index is 0.00000338. The SMILES string of the molecule is CN=C(NCc1ncc(C(C)(C)C)o1)NCc1nccn1CC(C)C.I. The highest BCUT2D eigenvalue weighted by molar-refractivity contribution is 14.0. The van der Waals surface area contributed by atoms with E-state index in [2.05, 4.69) is 64.8 Å². The summed E-state index contributed by atoms with van der Waals surface area (Å²) in [6, 6.07) is 0. The van der Waals surface area contributed by atoms with Gasteiger partial charge in [-0.2, -0.15) is 0 Å². The lowest BCUT2D eigenvalue weighted by atomic mass is 9.94. The number of oxazole rings is 1. The van der Waals surface area contributed by atoms with Crippen LogP contribution in [0, 0.1) is 5.92 Å². The minimum Gasteiger partial charge on any atom is -0.443 e. The van der Waals surface area contributed by atoms with E-state index in [1.54, 1.807) is 13.2 Å². The van der Waals surface area contributed by atoms with Crippen LogP contribution in [-0.2, 0) is 25.0 Å². The van der Waals surface area contributed by atoms with Gasteiger partial charge in [0, 0.05) is 31.4 Å². The number of aromatic nitrogens is 3. The highest BCUT2D eigenvalue weighted by atomic mass is 127. The van der Waals surface area contributed by atoms with Crippen molar-refractivity contribution in [1.82, 2.24) is 25.2 Å². The Morgan fingerprint density at radius 1 is 1.23 bits per heavy atom. The standard InChI is InChI=1S/C18H30N6O.HI/c1-13(2)12-24-8-7-20-15(24)10-22-17(19-6)23-11-16-21-9-14(25-16)18(3,4)5;/h7-9,13H,10-12H2,1-6H3,(H2,19,22,23);1H. The van der Waals surface area contributed by atoms with Crippen molar-refractivity contribution in [1.29, 1.82) is 0 Å². The minimum atomic E-state index is -0.0430. The molecule has 2 heterocycles. The number of halogens is 1. The number of guanidine groups is 1. The zero-order valence-corrected chi connectivity index (χ0v) is 18.9. The number of hydrogen-bond donors (Lipinski definition) is 2. The Bertz CT molecular complexity index is 699. The Morgan fingerprint density at radius 2 is 1.92 bits per heavy atom. The first-order valence-corrected chi connectivity index (χ1v) is 8.69. The third-order valence-corrected chi connectivity index (χ3v) is 3.70. The molecule has 146 valence electrons. The molecule has 0 bridgehead atoms. The van der Waals surface area contributed by atoms with Gasteiger partial charge in [0.15, 0.2) is 5.96 Å². The number of hydrogen-bond acceptors (Lipinski definition) is 4. The molecule has 2 N–H and O–H groups in total. The zero-order valence-electron chi connectivity index (χ0n) is 16.5. The lowest BCUT2D eigenvalue weighted by Crippen LogP contribution is -2.37. The van der Waals surface area contributed by atoms with E-state index in [0.717, 1.165) is 18.1 Å². The number of rotatable bonds is 6. The third-order valence-electron chi connectivity index (χ3n) is 3.70. The summed E-state index contributed by atoms with van der Waals surface area (Å²) in [6.07, 6.45) is 5.63. The second-order valence-electron chi connectivity index (χ2n) is 7.54. The molecule has 0 aliphatic carbocycles. The Kier molecular flexibility index (Phi) is 8.58. The van der Waals surface area contributed by atoms with Gasteiger partial charge in [0.2, 0.25) is 5.89 Å². The second-order valence-corrected chi connectivity index (χ2v) is 7.54. The van der Waals surface area contributed by atoms with Crippen LogP contribution in [0.2, 0.25) is 0 Å². The summed E-state index contributed by atoms with van der Waals surface area (Å²) in [7, 11) is 1.74. The molecule has 8 heteroatoms. The largest absolute Gasteiger partial charge is 0.443 e. The maximum atomic E-state index is 5.78. The van der Waals surface area contributed by atoms with Gasteiger partial charge in [0.05, 0.1) is 19.3 Å². The summed E-state index contributed by atoms with van der Waals surface area (Å²) in [5.41, 5.74) is -0.0430. The van der Waals surface area contributed by atoms with Crippen LogP contribution in [0.15, 0.2) is 28.0 Å². The maximum absolute atomic E-state index is 5.78. The first-order chi connectivity index (χ1) is 11.8. The lowest BCUT2D eigenvalue weighted by molar-refractivity contribution is 0.379. The molecule has 26 heavy (non-hydrogen) atoms. The smallest absolute Gasteiger partial charge is 0.213 e. The molecule has 0 amide bonds. The fourth-order valence-electron chi connectivity index (χ4n) is 2.35. The fourth-order valence-corrected chi connectivity index (χ4v) is 2.35. The molecule has 0 unspecified atom stereocenters. The number of nitrogens with one attached hydrogen (secondary N) is 2. The molecule has 0 atom stereocenters. The molecule has 0 saturated heterocycles. The van der Waals surface area contributed by atoms with Crippen LogP contribution < -0.4 is 10.6 Å². The molecule has 2 rings (SSSR count). The predicted molar refractivity (Wildman–Crippen MR) is 115 cm³/mol. The fraction of sp³-hybridized carbons (Fsp3) is 0.611. The molecule has 2 aromatic heterocycles. The summed E-state index contributed by atoms with van der Waals surface area (Å²) < 4.78 is 7.94.